The van der Waals surface area contributed by atoms with Crippen LogP contribution in [0.25, 0.3) is 11.3 Å². The van der Waals surface area contributed by atoms with Gasteiger partial charge in [-0.1, -0.05) is 16.8 Å². The molecule has 0 bridgehead atoms. The predicted octanol–water partition coefficient (Wildman–Crippen LogP) is 3.15. The molecule has 0 aliphatic carbocycles. The second kappa shape index (κ2) is 5.18. The van der Waals surface area contributed by atoms with Crippen molar-refractivity contribution in [2.45, 2.75) is 12.8 Å². The predicted molar refractivity (Wildman–Crippen MR) is 62.9 cm³/mol. The van der Waals surface area contributed by atoms with E-state index in [-0.39, 0.29) is 17.9 Å². The van der Waals surface area contributed by atoms with E-state index in [0.717, 1.165) is 0 Å². The standard InChI is InChI=1S/C12H9ClFNO3/c13-9-3-1-7(5-10(9)14)12-8(6-15-18-12)2-4-11(16)17/h1,3,5-6H,2,4H2,(H,16,17). The van der Waals surface area contributed by atoms with Crippen molar-refractivity contribution in [3.63, 3.8) is 0 Å². The molecule has 1 aromatic heterocycles. The molecule has 0 amide bonds. The maximum atomic E-state index is 13.3. The molecule has 0 unspecified atom stereocenters. The van der Waals surface area contributed by atoms with E-state index < -0.39 is 11.8 Å². The molecule has 0 saturated carbocycles. The van der Waals surface area contributed by atoms with E-state index in [0.29, 0.717) is 16.9 Å². The second-order valence-electron chi connectivity index (χ2n) is 3.70. The summed E-state index contributed by atoms with van der Waals surface area (Å²) in [5, 5.41) is 12.2. The van der Waals surface area contributed by atoms with Gasteiger partial charge in [-0.05, 0) is 24.6 Å². The van der Waals surface area contributed by atoms with Gasteiger partial charge in [-0.3, -0.25) is 4.79 Å². The second-order valence-corrected chi connectivity index (χ2v) is 4.11. The van der Waals surface area contributed by atoms with Gasteiger partial charge in [0.25, 0.3) is 0 Å². The summed E-state index contributed by atoms with van der Waals surface area (Å²) in [6.45, 7) is 0. The Bertz CT molecular complexity index is 582. The molecular formula is C12H9ClFNO3. The summed E-state index contributed by atoms with van der Waals surface area (Å²) in [6.07, 6.45) is 1.67. The molecule has 4 nitrogen and oxygen atoms in total. The number of aryl methyl sites for hydroxylation is 1. The third-order valence-corrected chi connectivity index (χ3v) is 2.74. The minimum absolute atomic E-state index is 0.0188. The first-order valence-electron chi connectivity index (χ1n) is 5.18. The lowest BCUT2D eigenvalue weighted by molar-refractivity contribution is -0.136. The molecule has 94 valence electrons. The Balaban J connectivity index is 2.30. The van der Waals surface area contributed by atoms with Crippen LogP contribution >= 0.6 is 11.6 Å². The quantitative estimate of drug-likeness (QED) is 0.926. The molecule has 18 heavy (non-hydrogen) atoms. The van der Waals surface area contributed by atoms with Gasteiger partial charge in [0.15, 0.2) is 5.76 Å². The Kier molecular flexibility index (Phi) is 3.62. The monoisotopic (exact) mass is 269 g/mol. The van der Waals surface area contributed by atoms with Crippen LogP contribution in [0.5, 0.6) is 0 Å². The van der Waals surface area contributed by atoms with Gasteiger partial charge < -0.3 is 9.63 Å². The van der Waals surface area contributed by atoms with Crippen LogP contribution in [0.3, 0.4) is 0 Å². The van der Waals surface area contributed by atoms with E-state index in [2.05, 4.69) is 5.16 Å². The molecule has 6 heteroatoms. The number of aliphatic carboxylic acids is 1. The first kappa shape index (κ1) is 12.6. The van der Waals surface area contributed by atoms with Crippen LogP contribution < -0.4 is 0 Å². The molecule has 0 radical (unpaired) electrons. The van der Waals surface area contributed by atoms with Gasteiger partial charge in [-0.25, -0.2) is 4.39 Å². The number of halogens is 2. The van der Waals surface area contributed by atoms with Gasteiger partial charge in [0.2, 0.25) is 0 Å². The van der Waals surface area contributed by atoms with Crippen molar-refractivity contribution in [2.24, 2.45) is 0 Å². The van der Waals surface area contributed by atoms with Crippen LogP contribution in [-0.4, -0.2) is 16.2 Å². The molecular weight excluding hydrogens is 261 g/mol. The number of rotatable bonds is 4. The fourth-order valence-electron chi connectivity index (χ4n) is 1.56. The van der Waals surface area contributed by atoms with Crippen LogP contribution in [0.15, 0.2) is 28.9 Å². The first-order valence-corrected chi connectivity index (χ1v) is 5.56. The van der Waals surface area contributed by atoms with Crippen molar-refractivity contribution >= 4 is 17.6 Å². The number of hydrogen-bond donors (Lipinski definition) is 1. The number of nitrogens with zero attached hydrogens (tertiary/aromatic N) is 1. The molecule has 0 spiro atoms. The van der Waals surface area contributed by atoms with Crippen LogP contribution in [-0.2, 0) is 11.2 Å². The number of hydrogen-bond acceptors (Lipinski definition) is 3. The fourth-order valence-corrected chi connectivity index (χ4v) is 1.67. The number of aromatic nitrogens is 1. The lowest BCUT2D eigenvalue weighted by Gasteiger charge is -2.01. The Morgan fingerprint density at radius 3 is 2.94 bits per heavy atom. The molecule has 0 aliphatic heterocycles. The molecule has 1 heterocycles. The third kappa shape index (κ3) is 2.68. The summed E-state index contributed by atoms with van der Waals surface area (Å²) in [5.74, 6) is -1.11. The molecule has 0 aliphatic rings. The van der Waals surface area contributed by atoms with Gasteiger partial charge in [-0.2, -0.15) is 0 Å². The number of benzene rings is 1. The highest BCUT2D eigenvalue weighted by molar-refractivity contribution is 6.30. The largest absolute Gasteiger partial charge is 0.481 e. The summed E-state index contributed by atoms with van der Waals surface area (Å²) in [6, 6.07) is 4.24. The lowest BCUT2D eigenvalue weighted by atomic mass is 10.1. The van der Waals surface area contributed by atoms with Crippen molar-refractivity contribution in [2.75, 3.05) is 0 Å². The summed E-state index contributed by atoms with van der Waals surface area (Å²) >= 11 is 5.59. The summed E-state index contributed by atoms with van der Waals surface area (Å²) in [5.41, 5.74) is 1.11. The average Bonchev–Trinajstić information content (AvgIpc) is 2.78. The number of carbonyl (C=O) groups is 1. The molecule has 2 aromatic rings. The molecule has 0 atom stereocenters. The first-order chi connectivity index (χ1) is 8.58. The summed E-state index contributed by atoms with van der Waals surface area (Å²) in [4.78, 5) is 10.5. The van der Waals surface area contributed by atoms with Gasteiger partial charge >= 0.3 is 5.97 Å². The topological polar surface area (TPSA) is 63.3 Å². The highest BCUT2D eigenvalue weighted by Gasteiger charge is 2.13. The summed E-state index contributed by atoms with van der Waals surface area (Å²) in [7, 11) is 0. The van der Waals surface area contributed by atoms with E-state index in [1.807, 2.05) is 0 Å². The van der Waals surface area contributed by atoms with E-state index >= 15 is 0 Å². The minimum Gasteiger partial charge on any atom is -0.481 e. The Morgan fingerprint density at radius 1 is 1.50 bits per heavy atom. The van der Waals surface area contributed by atoms with Gasteiger partial charge in [0.05, 0.1) is 11.2 Å². The van der Waals surface area contributed by atoms with Crippen LogP contribution in [0, 0.1) is 5.82 Å². The van der Waals surface area contributed by atoms with Gasteiger partial charge in [-0.15, -0.1) is 0 Å². The van der Waals surface area contributed by atoms with Crippen molar-refractivity contribution in [1.82, 2.24) is 5.16 Å². The zero-order valence-electron chi connectivity index (χ0n) is 9.19. The van der Waals surface area contributed by atoms with Crippen molar-refractivity contribution < 1.29 is 18.8 Å². The van der Waals surface area contributed by atoms with Gasteiger partial charge in [0, 0.05) is 17.5 Å². The lowest BCUT2D eigenvalue weighted by Crippen LogP contribution is -1.97. The maximum Gasteiger partial charge on any atom is 0.303 e. The van der Waals surface area contributed by atoms with Gasteiger partial charge in [0.1, 0.15) is 5.82 Å². The Hall–Kier alpha value is -1.88. The Labute approximate surface area is 107 Å². The zero-order valence-corrected chi connectivity index (χ0v) is 9.95. The molecule has 1 N–H and O–H groups in total. The van der Waals surface area contributed by atoms with Crippen LogP contribution in [0.4, 0.5) is 4.39 Å². The minimum atomic E-state index is -0.913. The third-order valence-electron chi connectivity index (χ3n) is 2.43. The molecule has 0 saturated heterocycles. The zero-order chi connectivity index (χ0) is 13.1. The van der Waals surface area contributed by atoms with E-state index in [1.165, 1.54) is 18.3 Å². The summed E-state index contributed by atoms with van der Waals surface area (Å²) < 4.78 is 18.4. The highest BCUT2D eigenvalue weighted by Crippen LogP contribution is 2.27. The van der Waals surface area contributed by atoms with Crippen molar-refractivity contribution in [1.29, 1.82) is 0 Å². The smallest absolute Gasteiger partial charge is 0.303 e. The van der Waals surface area contributed by atoms with E-state index in [9.17, 15) is 9.18 Å². The SMILES string of the molecule is O=C(O)CCc1cnoc1-c1ccc(Cl)c(F)c1. The van der Waals surface area contributed by atoms with Crippen LogP contribution in [0.1, 0.15) is 12.0 Å². The number of carboxylic acids is 1. The van der Waals surface area contributed by atoms with Crippen molar-refractivity contribution in [3.8, 4) is 11.3 Å². The number of carboxylic acid groups (broad SMARTS) is 1. The van der Waals surface area contributed by atoms with Crippen molar-refractivity contribution in [3.05, 3.63) is 40.8 Å². The molecule has 2 rings (SSSR count). The highest BCUT2D eigenvalue weighted by atomic mass is 35.5. The normalized spacial score (nSPS) is 10.6. The van der Waals surface area contributed by atoms with E-state index in [1.54, 1.807) is 6.07 Å². The molecule has 0 fully saturated rings. The van der Waals surface area contributed by atoms with Crippen LogP contribution in [0.2, 0.25) is 5.02 Å². The Morgan fingerprint density at radius 2 is 2.28 bits per heavy atom. The maximum absolute atomic E-state index is 13.3. The fraction of sp³-hybridized carbons (Fsp3) is 0.167. The van der Waals surface area contributed by atoms with E-state index in [4.69, 9.17) is 21.2 Å². The average molecular weight is 270 g/mol. The molecule has 1 aromatic carbocycles.